The van der Waals surface area contributed by atoms with Gasteiger partial charge in [-0.1, -0.05) is 0 Å². The van der Waals surface area contributed by atoms with E-state index in [1.54, 1.807) is 11.1 Å². The molecule has 0 bridgehead atoms. The summed E-state index contributed by atoms with van der Waals surface area (Å²) >= 11 is -0.526. The van der Waals surface area contributed by atoms with Gasteiger partial charge in [-0.2, -0.15) is 0 Å². The SMILES string of the molecule is CC1=C2C(C=C1)CCCCCCC[CH]2[Zr+2][CH]1CCCCCCCC2C=CC(C)=C21.[Cl-].[Cl-]. The summed E-state index contributed by atoms with van der Waals surface area (Å²) in [5.41, 5.74) is 7.17. The van der Waals surface area contributed by atoms with Gasteiger partial charge < -0.3 is 24.8 Å². The second kappa shape index (κ2) is 14.0. The van der Waals surface area contributed by atoms with E-state index in [-0.39, 0.29) is 24.8 Å². The van der Waals surface area contributed by atoms with E-state index in [9.17, 15) is 0 Å². The van der Waals surface area contributed by atoms with Gasteiger partial charge in [0.05, 0.1) is 0 Å². The summed E-state index contributed by atoms with van der Waals surface area (Å²) in [4.78, 5) is 0. The first-order valence-electron chi connectivity index (χ1n) is 12.8. The van der Waals surface area contributed by atoms with Crippen molar-refractivity contribution in [2.75, 3.05) is 0 Å². The van der Waals surface area contributed by atoms with Crippen molar-refractivity contribution in [2.45, 2.75) is 111 Å². The molecular formula is C28H42Cl2Zr. The van der Waals surface area contributed by atoms with Crippen molar-refractivity contribution in [3.8, 4) is 0 Å². The fraction of sp³-hybridized carbons (Fsp3) is 0.714. The van der Waals surface area contributed by atoms with E-state index in [2.05, 4.69) is 38.2 Å². The smallest absolute Gasteiger partial charge is 1.00 e. The molecule has 4 unspecified atom stereocenters. The van der Waals surface area contributed by atoms with Crippen molar-refractivity contribution in [1.82, 2.24) is 0 Å². The molecule has 4 aliphatic rings. The molecule has 0 radical (unpaired) electrons. The van der Waals surface area contributed by atoms with Crippen molar-refractivity contribution in [3.63, 3.8) is 0 Å². The van der Waals surface area contributed by atoms with E-state index in [0.717, 1.165) is 19.1 Å². The molecule has 3 heteroatoms. The Morgan fingerprint density at radius 1 is 0.548 bits per heavy atom. The maximum Gasteiger partial charge on any atom is -1.00 e. The molecule has 4 atom stereocenters. The van der Waals surface area contributed by atoms with Crippen LogP contribution in [0.15, 0.2) is 46.6 Å². The van der Waals surface area contributed by atoms with Crippen LogP contribution in [-0.4, -0.2) is 0 Å². The van der Waals surface area contributed by atoms with Gasteiger partial charge in [0.2, 0.25) is 0 Å². The van der Waals surface area contributed by atoms with Crippen LogP contribution in [0, 0.1) is 11.8 Å². The van der Waals surface area contributed by atoms with E-state index in [1.165, 1.54) is 89.9 Å². The Balaban J connectivity index is 0.00000171. The predicted molar refractivity (Wildman–Crippen MR) is 123 cm³/mol. The van der Waals surface area contributed by atoms with Gasteiger partial charge in [0.15, 0.2) is 0 Å². The van der Waals surface area contributed by atoms with Crippen molar-refractivity contribution >= 4 is 0 Å². The van der Waals surface area contributed by atoms with Gasteiger partial charge in [-0.05, 0) is 0 Å². The number of allylic oxidation sites excluding steroid dienone is 8. The zero-order valence-electron chi connectivity index (χ0n) is 19.8. The summed E-state index contributed by atoms with van der Waals surface area (Å²) in [6.07, 6.45) is 30.7. The average Bonchev–Trinajstić information content (AvgIpc) is 3.27. The molecule has 0 aromatic heterocycles. The molecule has 0 aromatic carbocycles. The summed E-state index contributed by atoms with van der Waals surface area (Å²) in [6, 6.07) is 0. The first-order valence-corrected chi connectivity index (χ1v) is 15.6. The van der Waals surface area contributed by atoms with Gasteiger partial charge in [0.1, 0.15) is 0 Å². The second-order valence-corrected chi connectivity index (χ2v) is 14.4. The van der Waals surface area contributed by atoms with Gasteiger partial charge in [0, 0.05) is 0 Å². The van der Waals surface area contributed by atoms with Crippen molar-refractivity contribution in [3.05, 3.63) is 46.6 Å². The summed E-state index contributed by atoms with van der Waals surface area (Å²) in [5.74, 6) is 1.59. The first kappa shape index (κ1) is 27.7. The van der Waals surface area contributed by atoms with Crippen LogP contribution in [0.4, 0.5) is 0 Å². The van der Waals surface area contributed by atoms with Crippen molar-refractivity contribution in [1.29, 1.82) is 0 Å². The van der Waals surface area contributed by atoms with E-state index < -0.39 is 23.2 Å². The fourth-order valence-electron chi connectivity index (χ4n) is 6.46. The normalized spacial score (nSPS) is 31.8. The minimum Gasteiger partial charge on any atom is -1.00 e. The fourth-order valence-corrected chi connectivity index (χ4v) is 12.5. The molecule has 2 fully saturated rings. The molecule has 0 nitrogen and oxygen atoms in total. The zero-order chi connectivity index (χ0) is 20.1. The first-order chi connectivity index (χ1) is 14.2. The molecule has 0 N–H and O–H groups in total. The quantitative estimate of drug-likeness (QED) is 0.505. The largest absolute Gasteiger partial charge is 1.00 e. The zero-order valence-corrected chi connectivity index (χ0v) is 23.7. The Kier molecular flexibility index (Phi) is 12.5. The summed E-state index contributed by atoms with van der Waals surface area (Å²) in [6.45, 7) is 4.86. The maximum atomic E-state index is 2.58. The van der Waals surface area contributed by atoms with Gasteiger partial charge in [-0.25, -0.2) is 0 Å². The molecule has 4 aliphatic carbocycles. The number of halogens is 2. The van der Waals surface area contributed by atoms with Gasteiger partial charge in [-0.3, -0.25) is 0 Å². The van der Waals surface area contributed by atoms with Crippen LogP contribution < -0.4 is 24.8 Å². The third-order valence-electron chi connectivity index (χ3n) is 8.04. The Labute approximate surface area is 216 Å². The number of rotatable bonds is 2. The Bertz CT molecular complexity index is 629. The summed E-state index contributed by atoms with van der Waals surface area (Å²) in [5, 5.41) is 0. The van der Waals surface area contributed by atoms with Crippen molar-refractivity contribution in [2.24, 2.45) is 11.8 Å². The Hall–Kier alpha value is 0.423. The van der Waals surface area contributed by atoms with Crippen molar-refractivity contribution < 1.29 is 48.0 Å². The topological polar surface area (TPSA) is 0 Å². The Morgan fingerprint density at radius 2 is 0.903 bits per heavy atom. The van der Waals surface area contributed by atoms with Crippen LogP contribution in [0.25, 0.3) is 0 Å². The molecule has 0 spiro atoms. The van der Waals surface area contributed by atoms with E-state index in [4.69, 9.17) is 0 Å². The third kappa shape index (κ3) is 7.20. The summed E-state index contributed by atoms with van der Waals surface area (Å²) in [7, 11) is 0. The molecular weight excluding hydrogens is 498 g/mol. The average molecular weight is 541 g/mol. The van der Waals surface area contributed by atoms with Gasteiger partial charge in [0.25, 0.3) is 0 Å². The van der Waals surface area contributed by atoms with Crippen LogP contribution in [0.2, 0.25) is 7.25 Å². The monoisotopic (exact) mass is 538 g/mol. The van der Waals surface area contributed by atoms with Crippen LogP contribution in [-0.2, 0) is 23.2 Å². The van der Waals surface area contributed by atoms with E-state index in [0.29, 0.717) is 0 Å². The standard InChI is InChI=1S/2C14H21.2ClH.Zr/c2*1-12-10-11-13-8-6-4-2-3-5-7-9-14(12)13;;;/h2*9-11,13H,2-8H2,1H3;2*1H;/q;;;;+2/p-2. The predicted octanol–water partition coefficient (Wildman–Crippen LogP) is 3.15. The van der Waals surface area contributed by atoms with Gasteiger partial charge >= 0.3 is 193 Å². The second-order valence-electron chi connectivity index (χ2n) is 10.2. The van der Waals surface area contributed by atoms with E-state index in [1.807, 2.05) is 11.1 Å². The van der Waals surface area contributed by atoms with Crippen LogP contribution in [0.1, 0.15) is 104 Å². The molecule has 4 rings (SSSR count). The molecule has 2 saturated carbocycles. The van der Waals surface area contributed by atoms with Crippen LogP contribution in [0.3, 0.4) is 0 Å². The van der Waals surface area contributed by atoms with Crippen LogP contribution >= 0.6 is 0 Å². The number of fused-ring (bicyclic) bond motifs is 2. The Morgan fingerprint density at radius 3 is 1.32 bits per heavy atom. The molecule has 0 aliphatic heterocycles. The van der Waals surface area contributed by atoms with Gasteiger partial charge in [-0.15, -0.1) is 0 Å². The summed E-state index contributed by atoms with van der Waals surface area (Å²) < 4.78 is 1.98. The molecule has 0 aromatic rings. The maximum absolute atomic E-state index is 2.58. The number of hydrogen-bond donors (Lipinski definition) is 0. The van der Waals surface area contributed by atoms with Crippen LogP contribution in [0.5, 0.6) is 0 Å². The minimum atomic E-state index is -0.526. The molecule has 0 heterocycles. The third-order valence-corrected chi connectivity index (χ3v) is 13.0. The number of hydrogen-bond acceptors (Lipinski definition) is 0. The van der Waals surface area contributed by atoms with E-state index >= 15 is 0 Å². The molecule has 172 valence electrons. The minimum absolute atomic E-state index is 0. The molecule has 31 heavy (non-hydrogen) atoms. The molecule has 0 amide bonds. The molecule has 0 saturated heterocycles.